The first-order valence-corrected chi connectivity index (χ1v) is 12.7. The highest BCUT2D eigenvalue weighted by molar-refractivity contribution is 7.89. The topological polar surface area (TPSA) is 129 Å². The minimum Gasteiger partial charge on any atom is -0.459 e. The fraction of sp³-hybridized carbons (Fsp3) is 0.435. The second-order valence-electron chi connectivity index (χ2n) is 8.53. The molecule has 2 N–H and O–H groups in total. The van der Waals surface area contributed by atoms with Gasteiger partial charge >= 0.3 is 0 Å². The lowest BCUT2D eigenvalue weighted by molar-refractivity contribution is -0.125. The summed E-state index contributed by atoms with van der Waals surface area (Å²) in [5.74, 6) is -0.533. The van der Waals surface area contributed by atoms with Crippen LogP contribution >= 0.6 is 0 Å². The quantitative estimate of drug-likeness (QED) is 0.638. The van der Waals surface area contributed by atoms with Gasteiger partial charge in [-0.05, 0) is 62.1 Å². The first-order valence-electron chi connectivity index (χ1n) is 11.3. The zero-order valence-corrected chi connectivity index (χ0v) is 19.7. The maximum absolute atomic E-state index is 13.0. The molecule has 2 aromatic rings. The van der Waals surface area contributed by atoms with Crippen LogP contribution < -0.4 is 10.6 Å². The second kappa shape index (κ2) is 9.98. The van der Waals surface area contributed by atoms with Gasteiger partial charge in [-0.2, -0.15) is 4.31 Å². The lowest BCUT2D eigenvalue weighted by Gasteiger charge is -2.33. The molecule has 2 aliphatic rings. The van der Waals surface area contributed by atoms with Crippen molar-refractivity contribution in [1.82, 2.24) is 14.5 Å². The summed E-state index contributed by atoms with van der Waals surface area (Å²) in [4.78, 5) is 38.4. The van der Waals surface area contributed by atoms with Gasteiger partial charge in [-0.15, -0.1) is 0 Å². The number of anilines is 1. The van der Waals surface area contributed by atoms with E-state index in [-0.39, 0.29) is 47.5 Å². The number of hydrogen-bond donors (Lipinski definition) is 2. The molecule has 182 valence electrons. The molecule has 3 amide bonds. The molecular weight excluding hydrogens is 460 g/mol. The molecule has 0 saturated carbocycles. The first-order chi connectivity index (χ1) is 16.3. The third-order valence-electron chi connectivity index (χ3n) is 6.16. The Morgan fingerprint density at radius 3 is 2.32 bits per heavy atom. The van der Waals surface area contributed by atoms with Crippen LogP contribution in [-0.4, -0.2) is 67.1 Å². The van der Waals surface area contributed by atoms with E-state index in [0.29, 0.717) is 31.5 Å². The monoisotopic (exact) mass is 488 g/mol. The number of rotatable bonds is 6. The Hall–Kier alpha value is -3.18. The summed E-state index contributed by atoms with van der Waals surface area (Å²) in [5, 5.41) is 5.61. The summed E-state index contributed by atoms with van der Waals surface area (Å²) < 4.78 is 32.6. The molecule has 34 heavy (non-hydrogen) atoms. The lowest BCUT2D eigenvalue weighted by Crippen LogP contribution is -2.52. The van der Waals surface area contributed by atoms with Gasteiger partial charge in [0.05, 0.1) is 11.2 Å². The predicted molar refractivity (Wildman–Crippen MR) is 123 cm³/mol. The molecule has 1 unspecified atom stereocenters. The number of carbonyl (C=O) groups excluding carboxylic acids is 3. The molecule has 0 aliphatic carbocycles. The van der Waals surface area contributed by atoms with Crippen molar-refractivity contribution >= 4 is 33.4 Å². The van der Waals surface area contributed by atoms with E-state index in [1.165, 1.54) is 29.6 Å². The number of nitrogens with zero attached hydrogens (tertiary/aromatic N) is 2. The van der Waals surface area contributed by atoms with Crippen LogP contribution in [-0.2, 0) is 19.6 Å². The van der Waals surface area contributed by atoms with Crippen LogP contribution in [0.5, 0.6) is 0 Å². The molecule has 0 radical (unpaired) electrons. The van der Waals surface area contributed by atoms with Crippen molar-refractivity contribution in [3.05, 3.63) is 48.4 Å². The van der Waals surface area contributed by atoms with Crippen LogP contribution in [0, 0.1) is 0 Å². The standard InChI is InChI=1S/C23H28N4O6S/c1-16(28)24-17-6-8-19(9-7-17)34(31,32)26-13-10-18(11-14-26)25-22(29)20-4-2-12-27(20)23(30)21-5-3-15-33-21/h3,5-9,15,18,20H,2,4,10-14H2,1H3,(H,24,28)(H,25,29). The number of carbonyl (C=O) groups is 3. The van der Waals surface area contributed by atoms with E-state index in [1.54, 1.807) is 29.2 Å². The summed E-state index contributed by atoms with van der Waals surface area (Å²) in [6.45, 7) is 2.44. The van der Waals surface area contributed by atoms with Crippen molar-refractivity contribution < 1.29 is 27.2 Å². The highest BCUT2D eigenvalue weighted by atomic mass is 32.2. The number of benzene rings is 1. The van der Waals surface area contributed by atoms with Gasteiger partial charge in [0, 0.05) is 38.3 Å². The SMILES string of the molecule is CC(=O)Nc1ccc(S(=O)(=O)N2CCC(NC(=O)C3CCCN3C(=O)c3ccco3)CC2)cc1. The normalized spacial score (nSPS) is 19.7. The van der Waals surface area contributed by atoms with E-state index in [4.69, 9.17) is 4.42 Å². The van der Waals surface area contributed by atoms with Gasteiger partial charge in [0.2, 0.25) is 21.8 Å². The molecule has 1 atom stereocenters. The minimum atomic E-state index is -3.68. The Kier molecular flexibility index (Phi) is 7.03. The number of sulfonamides is 1. The van der Waals surface area contributed by atoms with E-state index in [2.05, 4.69) is 10.6 Å². The fourth-order valence-corrected chi connectivity index (χ4v) is 5.89. The molecule has 1 aromatic heterocycles. The average molecular weight is 489 g/mol. The molecule has 2 saturated heterocycles. The highest BCUT2D eigenvalue weighted by Crippen LogP contribution is 2.24. The number of hydrogen-bond acceptors (Lipinski definition) is 6. The van der Waals surface area contributed by atoms with Gasteiger partial charge in [-0.1, -0.05) is 0 Å². The smallest absolute Gasteiger partial charge is 0.290 e. The van der Waals surface area contributed by atoms with E-state index >= 15 is 0 Å². The lowest BCUT2D eigenvalue weighted by atomic mass is 10.1. The number of nitrogens with one attached hydrogen (secondary N) is 2. The number of furan rings is 1. The van der Waals surface area contributed by atoms with Crippen LogP contribution in [0.2, 0.25) is 0 Å². The maximum atomic E-state index is 13.0. The number of likely N-dealkylation sites (tertiary alicyclic amines) is 1. The first kappa shape index (κ1) is 24.0. The van der Waals surface area contributed by atoms with Crippen molar-refractivity contribution in [3.8, 4) is 0 Å². The largest absolute Gasteiger partial charge is 0.459 e. The number of piperidine rings is 1. The highest BCUT2D eigenvalue weighted by Gasteiger charge is 2.37. The second-order valence-corrected chi connectivity index (χ2v) is 10.5. The van der Waals surface area contributed by atoms with E-state index < -0.39 is 16.1 Å². The molecular formula is C23H28N4O6S. The van der Waals surface area contributed by atoms with Crippen molar-refractivity contribution in [2.75, 3.05) is 25.0 Å². The maximum Gasteiger partial charge on any atom is 0.290 e. The van der Waals surface area contributed by atoms with Crippen LogP contribution in [0.1, 0.15) is 43.2 Å². The summed E-state index contributed by atoms with van der Waals surface area (Å²) in [7, 11) is -3.68. The zero-order chi connectivity index (χ0) is 24.3. The Morgan fingerprint density at radius 1 is 1.00 bits per heavy atom. The Labute approximate surface area is 198 Å². The van der Waals surface area contributed by atoms with Gasteiger partial charge in [0.1, 0.15) is 6.04 Å². The Balaban J connectivity index is 1.32. The van der Waals surface area contributed by atoms with E-state index in [9.17, 15) is 22.8 Å². The molecule has 2 fully saturated rings. The molecule has 1 aromatic carbocycles. The van der Waals surface area contributed by atoms with Crippen molar-refractivity contribution in [2.24, 2.45) is 0 Å². The van der Waals surface area contributed by atoms with Gasteiger partial charge < -0.3 is 20.0 Å². The van der Waals surface area contributed by atoms with Crippen molar-refractivity contribution in [2.45, 2.75) is 49.6 Å². The van der Waals surface area contributed by atoms with Crippen molar-refractivity contribution in [3.63, 3.8) is 0 Å². The Bertz CT molecular complexity index is 1140. The van der Waals surface area contributed by atoms with Gasteiger partial charge in [-0.3, -0.25) is 14.4 Å². The third-order valence-corrected chi connectivity index (χ3v) is 8.07. The minimum absolute atomic E-state index is 0.155. The van der Waals surface area contributed by atoms with Gasteiger partial charge in [0.25, 0.3) is 5.91 Å². The van der Waals surface area contributed by atoms with Crippen LogP contribution in [0.15, 0.2) is 52.0 Å². The Morgan fingerprint density at radius 2 is 1.71 bits per heavy atom. The summed E-state index contributed by atoms with van der Waals surface area (Å²) in [6.07, 6.45) is 3.71. The number of amides is 3. The van der Waals surface area contributed by atoms with E-state index in [1.807, 2.05) is 0 Å². The molecule has 4 rings (SSSR count). The van der Waals surface area contributed by atoms with Gasteiger partial charge in [-0.25, -0.2) is 8.42 Å². The van der Waals surface area contributed by atoms with E-state index in [0.717, 1.165) is 6.42 Å². The summed E-state index contributed by atoms with van der Waals surface area (Å²) in [5.41, 5.74) is 0.527. The molecule has 11 heteroatoms. The predicted octanol–water partition coefficient (Wildman–Crippen LogP) is 1.81. The van der Waals surface area contributed by atoms with Crippen LogP contribution in [0.25, 0.3) is 0 Å². The van der Waals surface area contributed by atoms with Gasteiger partial charge in [0.15, 0.2) is 5.76 Å². The van der Waals surface area contributed by atoms with Crippen LogP contribution in [0.4, 0.5) is 5.69 Å². The molecule has 2 aliphatic heterocycles. The van der Waals surface area contributed by atoms with Crippen molar-refractivity contribution in [1.29, 1.82) is 0 Å². The van der Waals surface area contributed by atoms with Crippen LogP contribution in [0.3, 0.4) is 0 Å². The molecule has 10 nitrogen and oxygen atoms in total. The average Bonchev–Trinajstić information content (AvgIpc) is 3.51. The summed E-state index contributed by atoms with van der Waals surface area (Å²) >= 11 is 0. The molecule has 3 heterocycles. The fourth-order valence-electron chi connectivity index (χ4n) is 4.42. The third kappa shape index (κ3) is 5.15. The molecule has 0 spiro atoms. The summed E-state index contributed by atoms with van der Waals surface area (Å²) in [6, 6.07) is 8.55. The zero-order valence-electron chi connectivity index (χ0n) is 18.9. The molecule has 0 bridgehead atoms.